The smallest absolute Gasteiger partial charge is 0.416 e. The summed E-state index contributed by atoms with van der Waals surface area (Å²) in [6.45, 7) is 0.711. The molecule has 0 saturated carbocycles. The van der Waals surface area contributed by atoms with Gasteiger partial charge in [0.25, 0.3) is 0 Å². The highest BCUT2D eigenvalue weighted by atomic mass is 19.4. The van der Waals surface area contributed by atoms with E-state index in [0.29, 0.717) is 17.9 Å². The van der Waals surface area contributed by atoms with E-state index in [0.717, 1.165) is 17.7 Å². The van der Waals surface area contributed by atoms with Crippen molar-refractivity contribution in [3.63, 3.8) is 0 Å². The molecule has 0 unspecified atom stereocenters. The van der Waals surface area contributed by atoms with E-state index in [1.807, 2.05) is 30.3 Å². The maximum atomic E-state index is 12.5. The fraction of sp³-hybridized carbons (Fsp3) is 0.167. The maximum absolute atomic E-state index is 12.5. The molecule has 0 saturated heterocycles. The summed E-state index contributed by atoms with van der Waals surface area (Å²) in [5, 5.41) is 0. The molecule has 0 fully saturated rings. The lowest BCUT2D eigenvalue weighted by Crippen LogP contribution is -2.04. The highest BCUT2D eigenvalue weighted by molar-refractivity contribution is 5.53. The molecule has 6 heteroatoms. The highest BCUT2D eigenvalue weighted by Crippen LogP contribution is 2.30. The second-order valence-corrected chi connectivity index (χ2v) is 5.20. The maximum Gasteiger partial charge on any atom is 0.416 e. The van der Waals surface area contributed by atoms with Crippen LogP contribution in [0.25, 0.3) is 11.5 Å². The zero-order chi connectivity index (χ0) is 17.0. The molecule has 0 aliphatic carbocycles. The lowest BCUT2D eigenvalue weighted by atomic mass is 10.1. The third kappa shape index (κ3) is 4.02. The van der Waals surface area contributed by atoms with Gasteiger partial charge in [0.15, 0.2) is 0 Å². The number of aromatic nitrogens is 1. The number of hydrogen-bond donors (Lipinski definition) is 0. The first kappa shape index (κ1) is 16.3. The molecule has 0 aliphatic rings. The van der Waals surface area contributed by atoms with E-state index < -0.39 is 11.7 Å². The minimum absolute atomic E-state index is 0.263. The normalized spacial score (nSPS) is 11.6. The average Bonchev–Trinajstić information content (AvgIpc) is 3.04. The van der Waals surface area contributed by atoms with E-state index >= 15 is 0 Å². The summed E-state index contributed by atoms with van der Waals surface area (Å²) in [6.07, 6.45) is -2.91. The number of rotatable bonds is 5. The Hall–Kier alpha value is -2.60. The molecular formula is C18H14F3NO2. The molecule has 0 radical (unpaired) electrons. The van der Waals surface area contributed by atoms with Gasteiger partial charge in [-0.3, -0.25) is 0 Å². The lowest BCUT2D eigenvalue weighted by molar-refractivity contribution is -0.137. The highest BCUT2D eigenvalue weighted by Gasteiger charge is 2.30. The van der Waals surface area contributed by atoms with Crippen LogP contribution in [0.15, 0.2) is 65.3 Å². The topological polar surface area (TPSA) is 35.3 Å². The second-order valence-electron chi connectivity index (χ2n) is 5.20. The molecule has 0 amide bonds. The Balaban J connectivity index is 1.61. The van der Waals surface area contributed by atoms with E-state index in [4.69, 9.17) is 9.15 Å². The van der Waals surface area contributed by atoms with Gasteiger partial charge < -0.3 is 9.15 Å². The van der Waals surface area contributed by atoms with Crippen LogP contribution in [0.3, 0.4) is 0 Å². The number of benzene rings is 2. The molecular weight excluding hydrogens is 319 g/mol. The van der Waals surface area contributed by atoms with Crippen LogP contribution in [-0.2, 0) is 24.1 Å². The van der Waals surface area contributed by atoms with E-state index in [1.165, 1.54) is 18.4 Å². The molecule has 124 valence electrons. The van der Waals surface area contributed by atoms with Gasteiger partial charge in [-0.1, -0.05) is 30.3 Å². The number of oxazole rings is 1. The van der Waals surface area contributed by atoms with Crippen LogP contribution in [0.1, 0.15) is 16.8 Å². The van der Waals surface area contributed by atoms with Crippen LogP contribution >= 0.6 is 0 Å². The Bertz CT molecular complexity index is 780. The molecule has 0 N–H and O–H groups in total. The van der Waals surface area contributed by atoms with Gasteiger partial charge >= 0.3 is 6.18 Å². The second kappa shape index (κ2) is 6.88. The van der Waals surface area contributed by atoms with Crippen molar-refractivity contribution in [2.24, 2.45) is 0 Å². The molecule has 0 bridgehead atoms. The molecule has 0 spiro atoms. The molecule has 3 nitrogen and oxygen atoms in total. The van der Waals surface area contributed by atoms with Crippen molar-refractivity contribution in [1.29, 1.82) is 0 Å². The fourth-order valence-corrected chi connectivity index (χ4v) is 2.16. The Labute approximate surface area is 136 Å². The van der Waals surface area contributed by atoms with Gasteiger partial charge in [-0.15, -0.1) is 0 Å². The predicted octanol–water partition coefficient (Wildman–Crippen LogP) is 5.08. The van der Waals surface area contributed by atoms with Crippen molar-refractivity contribution in [1.82, 2.24) is 4.98 Å². The average molecular weight is 333 g/mol. The quantitative estimate of drug-likeness (QED) is 0.653. The minimum Gasteiger partial charge on any atom is -0.444 e. The summed E-state index contributed by atoms with van der Waals surface area (Å²) >= 11 is 0. The van der Waals surface area contributed by atoms with Crippen LogP contribution in [0, 0.1) is 0 Å². The van der Waals surface area contributed by atoms with E-state index in [9.17, 15) is 13.2 Å². The first-order valence-corrected chi connectivity index (χ1v) is 7.26. The zero-order valence-electron chi connectivity index (χ0n) is 12.6. The van der Waals surface area contributed by atoms with E-state index in [1.54, 1.807) is 0 Å². The molecule has 1 aromatic heterocycles. The van der Waals surface area contributed by atoms with E-state index in [-0.39, 0.29) is 12.5 Å². The number of alkyl halides is 3. The predicted molar refractivity (Wildman–Crippen MR) is 81.9 cm³/mol. The van der Waals surface area contributed by atoms with Crippen molar-refractivity contribution in [2.45, 2.75) is 19.4 Å². The largest absolute Gasteiger partial charge is 0.444 e. The molecule has 1 heterocycles. The number of ether oxygens (including phenoxy) is 1. The minimum atomic E-state index is -4.36. The number of hydrogen-bond acceptors (Lipinski definition) is 3. The van der Waals surface area contributed by atoms with Gasteiger partial charge in [-0.05, 0) is 29.8 Å². The fourth-order valence-electron chi connectivity index (χ4n) is 2.16. The van der Waals surface area contributed by atoms with Crippen LogP contribution in [-0.4, -0.2) is 4.98 Å². The van der Waals surface area contributed by atoms with Gasteiger partial charge in [-0.2, -0.15) is 13.2 Å². The Morgan fingerprint density at radius 1 is 0.917 bits per heavy atom. The third-order valence-corrected chi connectivity index (χ3v) is 3.37. The van der Waals surface area contributed by atoms with Gasteiger partial charge in [0.05, 0.1) is 18.8 Å². The molecule has 2 aromatic carbocycles. The van der Waals surface area contributed by atoms with Gasteiger partial charge in [0.1, 0.15) is 12.0 Å². The first-order chi connectivity index (χ1) is 11.5. The summed E-state index contributed by atoms with van der Waals surface area (Å²) in [5.74, 6) is 0.266. The lowest BCUT2D eigenvalue weighted by Gasteiger charge is -2.06. The SMILES string of the molecule is FC(F)(F)c1ccc(-c2nc(COCc3ccccc3)co2)cc1. The van der Waals surface area contributed by atoms with Crippen molar-refractivity contribution in [2.75, 3.05) is 0 Å². The summed E-state index contributed by atoms with van der Waals surface area (Å²) < 4.78 is 48.5. The van der Waals surface area contributed by atoms with Crippen LogP contribution in [0.4, 0.5) is 13.2 Å². The molecule has 0 atom stereocenters. The summed E-state index contributed by atoms with van der Waals surface area (Å²) in [6, 6.07) is 14.4. The van der Waals surface area contributed by atoms with Crippen molar-refractivity contribution >= 4 is 0 Å². The van der Waals surface area contributed by atoms with Crippen molar-refractivity contribution in [3.8, 4) is 11.5 Å². The number of halogens is 3. The Morgan fingerprint density at radius 3 is 2.29 bits per heavy atom. The number of nitrogens with zero attached hydrogens (tertiary/aromatic N) is 1. The van der Waals surface area contributed by atoms with Crippen LogP contribution in [0.2, 0.25) is 0 Å². The van der Waals surface area contributed by atoms with Crippen molar-refractivity contribution in [3.05, 3.63) is 77.7 Å². The van der Waals surface area contributed by atoms with Gasteiger partial charge in [-0.25, -0.2) is 4.98 Å². The molecule has 3 rings (SSSR count). The molecule has 24 heavy (non-hydrogen) atoms. The third-order valence-electron chi connectivity index (χ3n) is 3.37. The van der Waals surface area contributed by atoms with Gasteiger partial charge in [0.2, 0.25) is 5.89 Å². The molecule has 3 aromatic rings. The first-order valence-electron chi connectivity index (χ1n) is 7.26. The summed E-state index contributed by atoms with van der Waals surface area (Å²) in [4.78, 5) is 4.23. The Morgan fingerprint density at radius 2 is 1.62 bits per heavy atom. The standard InChI is InChI=1S/C18H14F3NO2/c19-18(20,21)15-8-6-14(7-9-15)17-22-16(12-24-17)11-23-10-13-4-2-1-3-5-13/h1-9,12H,10-11H2. The Kier molecular flexibility index (Phi) is 4.66. The summed E-state index contributed by atoms with van der Waals surface area (Å²) in [7, 11) is 0. The van der Waals surface area contributed by atoms with Crippen molar-refractivity contribution < 1.29 is 22.3 Å². The van der Waals surface area contributed by atoms with Crippen LogP contribution in [0.5, 0.6) is 0 Å². The summed E-state index contributed by atoms with van der Waals surface area (Å²) in [5.41, 5.74) is 1.41. The van der Waals surface area contributed by atoms with E-state index in [2.05, 4.69) is 4.98 Å². The monoisotopic (exact) mass is 333 g/mol. The zero-order valence-corrected chi connectivity index (χ0v) is 12.6. The van der Waals surface area contributed by atoms with Crippen LogP contribution < -0.4 is 0 Å². The van der Waals surface area contributed by atoms with Gasteiger partial charge in [0, 0.05) is 5.56 Å². The molecule has 0 aliphatic heterocycles.